The van der Waals surface area contributed by atoms with Gasteiger partial charge in [-0.05, 0) is 32.4 Å². The number of hydrogen-bond donors (Lipinski definition) is 2. The van der Waals surface area contributed by atoms with E-state index in [0.29, 0.717) is 28.4 Å². The van der Waals surface area contributed by atoms with Crippen molar-refractivity contribution in [3.8, 4) is 0 Å². The number of anilines is 1. The molecule has 1 aromatic rings. The van der Waals surface area contributed by atoms with E-state index in [1.165, 1.54) is 12.8 Å². The Kier molecular flexibility index (Phi) is 4.39. The number of carboxylic acid groups (broad SMARTS) is 1. The van der Waals surface area contributed by atoms with Crippen LogP contribution in [0.25, 0.3) is 0 Å². The molecular formula is C13H21N3O2S. The van der Waals surface area contributed by atoms with Gasteiger partial charge in [0.2, 0.25) is 0 Å². The fourth-order valence-corrected chi connectivity index (χ4v) is 3.59. The van der Waals surface area contributed by atoms with Gasteiger partial charge in [0.15, 0.2) is 0 Å². The summed E-state index contributed by atoms with van der Waals surface area (Å²) in [5, 5.41) is 17.6. The highest BCUT2D eigenvalue weighted by Gasteiger charge is 2.25. The molecule has 2 unspecified atom stereocenters. The maximum absolute atomic E-state index is 11.3. The smallest absolute Gasteiger partial charge is 0.341 e. The van der Waals surface area contributed by atoms with E-state index >= 15 is 0 Å². The maximum atomic E-state index is 11.3. The second kappa shape index (κ2) is 5.86. The molecule has 0 bridgehead atoms. The Morgan fingerprint density at radius 1 is 1.53 bits per heavy atom. The molecule has 2 atom stereocenters. The van der Waals surface area contributed by atoms with E-state index in [1.54, 1.807) is 18.7 Å². The van der Waals surface area contributed by atoms with Gasteiger partial charge in [-0.1, -0.05) is 6.42 Å². The minimum Gasteiger partial charge on any atom is -0.477 e. The molecule has 1 saturated carbocycles. The molecule has 1 fully saturated rings. The number of thioether (sulfide) groups is 1. The van der Waals surface area contributed by atoms with E-state index in [4.69, 9.17) is 0 Å². The van der Waals surface area contributed by atoms with Gasteiger partial charge in [-0.15, -0.1) is 0 Å². The minimum atomic E-state index is -0.912. The second-order valence-electron chi connectivity index (χ2n) is 5.10. The lowest BCUT2D eigenvalue weighted by Gasteiger charge is -2.29. The molecular weight excluding hydrogens is 262 g/mol. The summed E-state index contributed by atoms with van der Waals surface area (Å²) < 4.78 is 1.64. The number of nitrogens with one attached hydrogen (secondary N) is 1. The van der Waals surface area contributed by atoms with Crippen LogP contribution in [0.2, 0.25) is 0 Å². The average molecular weight is 283 g/mol. The van der Waals surface area contributed by atoms with Gasteiger partial charge < -0.3 is 10.4 Å². The van der Waals surface area contributed by atoms with E-state index < -0.39 is 5.97 Å². The van der Waals surface area contributed by atoms with E-state index in [2.05, 4.69) is 16.7 Å². The van der Waals surface area contributed by atoms with Gasteiger partial charge in [-0.25, -0.2) is 4.79 Å². The molecule has 0 amide bonds. The van der Waals surface area contributed by atoms with Gasteiger partial charge in [-0.2, -0.15) is 16.9 Å². The third-order valence-electron chi connectivity index (χ3n) is 3.74. The number of hydrogen-bond acceptors (Lipinski definition) is 4. The number of aromatic nitrogens is 2. The highest BCUT2D eigenvalue weighted by molar-refractivity contribution is 7.99. The van der Waals surface area contributed by atoms with Crippen LogP contribution in [0.15, 0.2) is 0 Å². The first-order chi connectivity index (χ1) is 9.02. The van der Waals surface area contributed by atoms with Crippen LogP contribution in [-0.2, 0) is 7.05 Å². The zero-order chi connectivity index (χ0) is 14.0. The summed E-state index contributed by atoms with van der Waals surface area (Å²) in [6.45, 7) is 1.74. The lowest BCUT2D eigenvalue weighted by molar-refractivity contribution is 0.0697. The van der Waals surface area contributed by atoms with Gasteiger partial charge in [0.25, 0.3) is 0 Å². The van der Waals surface area contributed by atoms with Crippen molar-refractivity contribution >= 4 is 23.5 Å². The van der Waals surface area contributed by atoms with Crippen molar-refractivity contribution < 1.29 is 9.90 Å². The molecule has 19 heavy (non-hydrogen) atoms. The van der Waals surface area contributed by atoms with Crippen LogP contribution in [0, 0.1) is 6.92 Å². The number of carboxylic acids is 1. The van der Waals surface area contributed by atoms with Crippen molar-refractivity contribution in [2.24, 2.45) is 7.05 Å². The molecule has 2 N–H and O–H groups in total. The molecule has 0 aromatic carbocycles. The molecule has 6 heteroatoms. The monoisotopic (exact) mass is 283 g/mol. The fraction of sp³-hybridized carbons (Fsp3) is 0.692. The molecule has 1 aliphatic carbocycles. The Bertz CT molecular complexity index is 473. The third-order valence-corrected chi connectivity index (χ3v) is 4.83. The molecule has 0 aliphatic heterocycles. The van der Waals surface area contributed by atoms with Gasteiger partial charge >= 0.3 is 5.97 Å². The van der Waals surface area contributed by atoms with Crippen molar-refractivity contribution in [1.82, 2.24) is 9.78 Å². The first-order valence-corrected chi connectivity index (χ1v) is 7.88. The Morgan fingerprint density at radius 3 is 2.89 bits per heavy atom. The zero-order valence-corrected chi connectivity index (χ0v) is 12.5. The predicted octanol–water partition coefficient (Wildman–Crippen LogP) is 2.51. The van der Waals surface area contributed by atoms with Crippen molar-refractivity contribution in [3.05, 3.63) is 11.3 Å². The van der Waals surface area contributed by atoms with Crippen LogP contribution >= 0.6 is 11.8 Å². The first-order valence-electron chi connectivity index (χ1n) is 6.59. The van der Waals surface area contributed by atoms with Crippen molar-refractivity contribution in [1.29, 1.82) is 0 Å². The summed E-state index contributed by atoms with van der Waals surface area (Å²) in [5.41, 5.74) is 0.864. The molecule has 0 saturated heterocycles. The van der Waals surface area contributed by atoms with E-state index in [0.717, 1.165) is 12.8 Å². The molecule has 5 nitrogen and oxygen atoms in total. The molecule has 2 rings (SSSR count). The molecule has 106 valence electrons. The topological polar surface area (TPSA) is 67.2 Å². The molecule has 1 heterocycles. The normalized spacial score (nSPS) is 23.3. The SMILES string of the molecule is CSC1CCCC(Nc2c(C(=O)O)c(C)nn2C)C1. The van der Waals surface area contributed by atoms with Gasteiger partial charge in [-0.3, -0.25) is 4.68 Å². The number of aromatic carboxylic acids is 1. The summed E-state index contributed by atoms with van der Waals surface area (Å²) in [4.78, 5) is 11.3. The van der Waals surface area contributed by atoms with E-state index in [-0.39, 0.29) is 0 Å². The molecule has 0 spiro atoms. The predicted molar refractivity (Wildman–Crippen MR) is 78.1 cm³/mol. The third kappa shape index (κ3) is 3.05. The van der Waals surface area contributed by atoms with Crippen LogP contribution in [0.4, 0.5) is 5.82 Å². The van der Waals surface area contributed by atoms with E-state index in [9.17, 15) is 9.90 Å². The van der Waals surface area contributed by atoms with Crippen molar-refractivity contribution in [2.45, 2.75) is 43.9 Å². The minimum absolute atomic E-state index is 0.300. The molecule has 1 aromatic heterocycles. The number of rotatable bonds is 4. The zero-order valence-electron chi connectivity index (χ0n) is 11.6. The summed E-state index contributed by atoms with van der Waals surface area (Å²) in [7, 11) is 1.79. The number of nitrogens with zero attached hydrogens (tertiary/aromatic N) is 2. The first kappa shape index (κ1) is 14.2. The summed E-state index contributed by atoms with van der Waals surface area (Å²) in [6.07, 6.45) is 6.78. The average Bonchev–Trinajstić information content (AvgIpc) is 2.64. The van der Waals surface area contributed by atoms with Gasteiger partial charge in [0.05, 0.1) is 5.69 Å². The van der Waals surface area contributed by atoms with E-state index in [1.807, 2.05) is 11.8 Å². The Labute approximate surface area is 117 Å². The standard InChI is InChI=1S/C13H21N3O2S/c1-8-11(13(17)18)12(16(2)15-8)14-9-5-4-6-10(7-9)19-3/h9-10,14H,4-7H2,1-3H3,(H,17,18). The highest BCUT2D eigenvalue weighted by atomic mass is 32.2. The van der Waals surface area contributed by atoms with Gasteiger partial charge in [0.1, 0.15) is 11.4 Å². The number of aryl methyl sites for hydroxylation is 2. The van der Waals surface area contributed by atoms with Crippen LogP contribution in [0.1, 0.15) is 41.7 Å². The molecule has 1 aliphatic rings. The highest BCUT2D eigenvalue weighted by Crippen LogP contribution is 2.30. The maximum Gasteiger partial charge on any atom is 0.341 e. The van der Waals surface area contributed by atoms with Crippen LogP contribution in [0.5, 0.6) is 0 Å². The van der Waals surface area contributed by atoms with Crippen LogP contribution < -0.4 is 5.32 Å². The Hall–Kier alpha value is -1.17. The van der Waals surface area contributed by atoms with Crippen molar-refractivity contribution in [2.75, 3.05) is 11.6 Å². The summed E-state index contributed by atoms with van der Waals surface area (Å²) in [5.74, 6) is -0.276. The van der Waals surface area contributed by atoms with Crippen molar-refractivity contribution in [3.63, 3.8) is 0 Å². The second-order valence-corrected chi connectivity index (χ2v) is 6.24. The Morgan fingerprint density at radius 2 is 2.26 bits per heavy atom. The fourth-order valence-electron chi connectivity index (χ4n) is 2.76. The summed E-state index contributed by atoms with van der Waals surface area (Å²) in [6, 6.07) is 0.346. The van der Waals surface area contributed by atoms with Gasteiger partial charge in [0, 0.05) is 18.3 Å². The quantitative estimate of drug-likeness (QED) is 0.888. The number of carbonyl (C=O) groups is 1. The largest absolute Gasteiger partial charge is 0.477 e. The van der Waals surface area contributed by atoms with Crippen LogP contribution in [-0.4, -0.2) is 38.4 Å². The lowest BCUT2D eigenvalue weighted by Crippen LogP contribution is -2.30. The molecule has 0 radical (unpaired) electrons. The lowest BCUT2D eigenvalue weighted by atomic mass is 9.95. The van der Waals surface area contributed by atoms with Crippen LogP contribution in [0.3, 0.4) is 0 Å². The Balaban J connectivity index is 2.16. The summed E-state index contributed by atoms with van der Waals surface area (Å²) >= 11 is 1.90.